The van der Waals surface area contributed by atoms with Gasteiger partial charge in [0, 0.05) is 12.8 Å². The van der Waals surface area contributed by atoms with E-state index < -0.39 is 12.1 Å². The van der Waals surface area contributed by atoms with Crippen LogP contribution in [0.15, 0.2) is 36.4 Å². The summed E-state index contributed by atoms with van der Waals surface area (Å²) < 4.78 is 6.42. The first kappa shape index (κ1) is 23.8. The highest BCUT2D eigenvalue weighted by atomic mass is 16.5. The van der Waals surface area contributed by atoms with E-state index in [0.717, 1.165) is 18.5 Å². The molecule has 1 aliphatic rings. The molecule has 0 unspecified atom stereocenters. The van der Waals surface area contributed by atoms with Crippen LogP contribution in [0.2, 0.25) is 0 Å². The van der Waals surface area contributed by atoms with E-state index in [9.17, 15) is 15.2 Å². The molecule has 6 nitrogen and oxygen atoms in total. The van der Waals surface area contributed by atoms with Crippen molar-refractivity contribution in [2.45, 2.75) is 44.6 Å². The van der Waals surface area contributed by atoms with E-state index >= 15 is 0 Å². The maximum Gasteiger partial charge on any atom is 0.303 e. The van der Waals surface area contributed by atoms with Gasteiger partial charge in [-0.2, -0.15) is 5.26 Å². The summed E-state index contributed by atoms with van der Waals surface area (Å²) in [6.45, 7) is 1.52. The van der Waals surface area contributed by atoms with Crippen molar-refractivity contribution in [3.8, 4) is 11.8 Å². The van der Waals surface area contributed by atoms with Crippen molar-refractivity contribution >= 4 is 5.97 Å². The molecule has 0 amide bonds. The Morgan fingerprint density at radius 3 is 2.59 bits per heavy atom. The number of aryl methyl sites for hydroxylation is 3. The molecule has 0 heterocycles. The zero-order valence-corrected chi connectivity index (χ0v) is 19.0. The number of ether oxygens (including phenoxy) is 1. The van der Waals surface area contributed by atoms with Crippen LogP contribution in [0.1, 0.15) is 40.7 Å². The van der Waals surface area contributed by atoms with Crippen LogP contribution >= 0.6 is 0 Å². The van der Waals surface area contributed by atoms with Crippen molar-refractivity contribution in [1.82, 2.24) is 0 Å². The number of quaternary nitrogens is 1. The highest BCUT2D eigenvalue weighted by Gasteiger charge is 2.22. The normalized spacial score (nSPS) is 13.9. The zero-order chi connectivity index (χ0) is 23.1. The molecule has 6 heteroatoms. The summed E-state index contributed by atoms with van der Waals surface area (Å²) >= 11 is 0. The lowest BCUT2D eigenvalue weighted by Gasteiger charge is -2.32. The molecule has 32 heavy (non-hydrogen) atoms. The molecular formula is C26H33N2O4+. The van der Waals surface area contributed by atoms with Crippen LogP contribution in [-0.4, -0.2) is 60.6 Å². The average molecular weight is 438 g/mol. The minimum atomic E-state index is -0.868. The number of aliphatic hydroxyl groups excluding tert-OH is 1. The molecule has 2 aromatic carbocycles. The molecule has 0 spiro atoms. The Morgan fingerprint density at radius 2 is 1.84 bits per heavy atom. The van der Waals surface area contributed by atoms with E-state index in [1.54, 1.807) is 18.2 Å². The number of likely N-dealkylation sites (N-methyl/N-ethyl adjacent to an activating group) is 1. The number of aliphatic carboxylic acids is 1. The van der Waals surface area contributed by atoms with E-state index in [2.05, 4.69) is 38.4 Å². The number of carboxylic acid groups (broad SMARTS) is 1. The summed E-state index contributed by atoms with van der Waals surface area (Å²) in [6.07, 6.45) is 4.29. The Bertz CT molecular complexity index is 994. The van der Waals surface area contributed by atoms with Gasteiger partial charge in [0.1, 0.15) is 31.1 Å². The Balaban J connectivity index is 1.52. The van der Waals surface area contributed by atoms with E-state index in [1.165, 1.54) is 36.0 Å². The second-order valence-corrected chi connectivity index (χ2v) is 9.35. The molecule has 0 radical (unpaired) electrons. The quantitative estimate of drug-likeness (QED) is 0.527. The number of fused-ring (bicyclic) bond motifs is 1. The number of aliphatic hydroxyl groups is 1. The molecule has 170 valence electrons. The maximum absolute atomic E-state index is 10.8. The third-order valence-electron chi connectivity index (χ3n) is 6.10. The van der Waals surface area contributed by atoms with Gasteiger partial charge in [0.15, 0.2) is 0 Å². The van der Waals surface area contributed by atoms with Gasteiger partial charge >= 0.3 is 5.97 Å². The lowest BCUT2D eigenvalue weighted by Crippen LogP contribution is -2.48. The Hall–Kier alpha value is -2.88. The molecule has 1 atom stereocenters. The summed E-state index contributed by atoms with van der Waals surface area (Å²) in [5.41, 5.74) is 5.49. The summed E-state index contributed by atoms with van der Waals surface area (Å²) in [6, 6.07) is 14.0. The zero-order valence-electron chi connectivity index (χ0n) is 19.0. The molecule has 3 rings (SSSR count). The van der Waals surface area contributed by atoms with Gasteiger partial charge in [0.05, 0.1) is 26.2 Å². The highest BCUT2D eigenvalue weighted by molar-refractivity contribution is 5.67. The minimum Gasteiger partial charge on any atom is -0.489 e. The topological polar surface area (TPSA) is 90.6 Å². The predicted octanol–water partition coefficient (Wildman–Crippen LogP) is 3.12. The Kier molecular flexibility index (Phi) is 7.89. The fraction of sp³-hybridized carbons (Fsp3) is 0.462. The van der Waals surface area contributed by atoms with Gasteiger partial charge in [-0.3, -0.25) is 4.79 Å². The van der Waals surface area contributed by atoms with Crippen molar-refractivity contribution in [2.75, 3.05) is 33.8 Å². The number of nitriles is 1. The van der Waals surface area contributed by atoms with Crippen LogP contribution in [0.5, 0.6) is 5.75 Å². The van der Waals surface area contributed by atoms with Crippen LogP contribution in [-0.2, 0) is 30.5 Å². The van der Waals surface area contributed by atoms with Gasteiger partial charge in [-0.1, -0.05) is 24.3 Å². The Labute approximate surface area is 190 Å². The highest BCUT2D eigenvalue weighted by Crippen LogP contribution is 2.24. The van der Waals surface area contributed by atoms with Gasteiger partial charge in [-0.05, 0) is 60.1 Å². The maximum atomic E-state index is 10.8. The molecule has 2 aromatic rings. The first-order valence-corrected chi connectivity index (χ1v) is 11.2. The lowest BCUT2D eigenvalue weighted by atomic mass is 10.0. The van der Waals surface area contributed by atoms with Gasteiger partial charge < -0.3 is 19.4 Å². The molecule has 0 saturated heterocycles. The number of carbonyl (C=O) groups is 1. The molecule has 0 fully saturated rings. The van der Waals surface area contributed by atoms with Crippen LogP contribution in [0.3, 0.4) is 0 Å². The SMILES string of the molecule is C[N+](C)(CCc1ccc2c(c1)CCC2)C[C@@H](O)COc1cc(CCC(=O)O)ccc1C#N. The number of carboxylic acids is 1. The number of rotatable bonds is 11. The van der Waals surface area contributed by atoms with E-state index in [-0.39, 0.29) is 13.0 Å². The van der Waals surface area contributed by atoms with Gasteiger partial charge in [-0.15, -0.1) is 0 Å². The standard InChI is InChI=1S/C26H32N2O4/c1-28(2,13-12-20-6-9-21-4-3-5-22(21)14-20)17-24(29)18-32-25-15-19(8-11-26(30)31)7-10-23(25)16-27/h6-7,9-10,14-15,24,29H,3-5,8,11-13,17-18H2,1-2H3/p+1/t24-/m1/s1. The molecule has 0 aliphatic heterocycles. The number of nitrogens with zero attached hydrogens (tertiary/aromatic N) is 2. The first-order chi connectivity index (χ1) is 15.3. The molecule has 0 saturated carbocycles. The minimum absolute atomic E-state index is 0.0177. The molecule has 0 aromatic heterocycles. The predicted molar refractivity (Wildman–Crippen MR) is 123 cm³/mol. The monoisotopic (exact) mass is 437 g/mol. The first-order valence-electron chi connectivity index (χ1n) is 11.2. The van der Waals surface area contributed by atoms with Crippen LogP contribution < -0.4 is 4.74 Å². The third kappa shape index (κ3) is 6.81. The van der Waals surface area contributed by atoms with E-state index in [1.807, 2.05) is 0 Å². The number of benzene rings is 2. The summed E-state index contributed by atoms with van der Waals surface area (Å²) in [5, 5.41) is 28.8. The third-order valence-corrected chi connectivity index (χ3v) is 6.10. The van der Waals surface area contributed by atoms with Crippen LogP contribution in [0.25, 0.3) is 0 Å². The fourth-order valence-corrected chi connectivity index (χ4v) is 4.30. The van der Waals surface area contributed by atoms with Crippen molar-refractivity contribution in [1.29, 1.82) is 5.26 Å². The molecule has 0 bridgehead atoms. The van der Waals surface area contributed by atoms with Crippen molar-refractivity contribution in [3.05, 3.63) is 64.2 Å². The van der Waals surface area contributed by atoms with Gasteiger partial charge in [0.25, 0.3) is 0 Å². The summed E-state index contributed by atoms with van der Waals surface area (Å²) in [5.74, 6) is -0.481. The smallest absolute Gasteiger partial charge is 0.303 e. The van der Waals surface area contributed by atoms with Crippen molar-refractivity contribution < 1.29 is 24.2 Å². The van der Waals surface area contributed by atoms with Gasteiger partial charge in [-0.25, -0.2) is 0 Å². The molecule has 1 aliphatic carbocycles. The lowest BCUT2D eigenvalue weighted by molar-refractivity contribution is -0.893. The largest absolute Gasteiger partial charge is 0.489 e. The second-order valence-electron chi connectivity index (χ2n) is 9.35. The fourth-order valence-electron chi connectivity index (χ4n) is 4.30. The number of hydrogen-bond acceptors (Lipinski definition) is 4. The van der Waals surface area contributed by atoms with Crippen LogP contribution in [0.4, 0.5) is 0 Å². The average Bonchev–Trinajstić information content (AvgIpc) is 3.22. The van der Waals surface area contributed by atoms with E-state index in [4.69, 9.17) is 9.84 Å². The molecule has 2 N–H and O–H groups in total. The second kappa shape index (κ2) is 10.6. The summed E-state index contributed by atoms with van der Waals surface area (Å²) in [4.78, 5) is 10.8. The Morgan fingerprint density at radius 1 is 1.12 bits per heavy atom. The van der Waals surface area contributed by atoms with Gasteiger partial charge in [0.2, 0.25) is 0 Å². The number of hydrogen-bond donors (Lipinski definition) is 2. The van der Waals surface area contributed by atoms with E-state index in [0.29, 0.717) is 28.8 Å². The van der Waals surface area contributed by atoms with Crippen molar-refractivity contribution in [2.24, 2.45) is 0 Å². The van der Waals surface area contributed by atoms with Crippen molar-refractivity contribution in [3.63, 3.8) is 0 Å². The molecular weight excluding hydrogens is 404 g/mol. The van der Waals surface area contributed by atoms with Crippen LogP contribution in [0, 0.1) is 11.3 Å². The summed E-state index contributed by atoms with van der Waals surface area (Å²) in [7, 11) is 4.20.